The number of rotatable bonds is 6. The number of benzene rings is 4. The van der Waals surface area contributed by atoms with Crippen molar-refractivity contribution in [2.45, 2.75) is 20.5 Å². The van der Waals surface area contributed by atoms with E-state index in [0.717, 1.165) is 32.5 Å². The van der Waals surface area contributed by atoms with Crippen molar-refractivity contribution < 1.29 is 9.53 Å². The molecule has 1 heterocycles. The number of thioether (sulfide) groups is 1. The zero-order valence-electron chi connectivity index (χ0n) is 21.1. The number of hydrogen-bond acceptors (Lipinski definition) is 4. The van der Waals surface area contributed by atoms with Gasteiger partial charge in [0.15, 0.2) is 5.17 Å². The number of ether oxygens (including phenoxy) is 1. The Bertz CT molecular complexity index is 1600. The molecule has 4 aromatic carbocycles. The summed E-state index contributed by atoms with van der Waals surface area (Å²) in [6.07, 6.45) is 1.86. The van der Waals surface area contributed by atoms with E-state index in [2.05, 4.69) is 15.9 Å². The number of hydrogen-bond donors (Lipinski definition) is 0. The van der Waals surface area contributed by atoms with Crippen molar-refractivity contribution in [2.75, 3.05) is 4.90 Å². The van der Waals surface area contributed by atoms with Crippen LogP contribution in [0.25, 0.3) is 6.08 Å². The summed E-state index contributed by atoms with van der Waals surface area (Å²) in [5, 5.41) is 1.73. The van der Waals surface area contributed by atoms with Crippen LogP contribution in [0.3, 0.4) is 0 Å². The summed E-state index contributed by atoms with van der Waals surface area (Å²) >= 11 is 17.5. The molecule has 0 spiro atoms. The minimum atomic E-state index is -0.174. The molecule has 0 unspecified atom stereocenters. The molecule has 0 N–H and O–H groups in total. The largest absolute Gasteiger partial charge is 0.489 e. The van der Waals surface area contributed by atoms with Gasteiger partial charge in [0.25, 0.3) is 5.91 Å². The van der Waals surface area contributed by atoms with E-state index in [9.17, 15) is 4.79 Å². The zero-order valence-corrected chi connectivity index (χ0v) is 25.0. The highest BCUT2D eigenvalue weighted by atomic mass is 79.9. The molecule has 1 aliphatic heterocycles. The quantitative estimate of drug-likeness (QED) is 0.198. The molecule has 8 heteroatoms. The smallest absolute Gasteiger partial charge is 0.271 e. The summed E-state index contributed by atoms with van der Waals surface area (Å²) in [6, 6.07) is 26.8. The molecule has 4 aromatic rings. The molecule has 1 amide bonds. The maximum absolute atomic E-state index is 13.6. The number of carbonyl (C=O) groups excluding carboxylic acids is 1. The monoisotopic (exact) mass is 636 g/mol. The van der Waals surface area contributed by atoms with E-state index in [1.807, 2.05) is 92.7 Å². The highest BCUT2D eigenvalue weighted by molar-refractivity contribution is 9.10. The van der Waals surface area contributed by atoms with Crippen LogP contribution in [0.5, 0.6) is 5.75 Å². The summed E-state index contributed by atoms with van der Waals surface area (Å²) < 4.78 is 6.95. The zero-order chi connectivity index (χ0) is 27.5. The summed E-state index contributed by atoms with van der Waals surface area (Å²) in [6.45, 7) is 4.33. The lowest BCUT2D eigenvalue weighted by molar-refractivity contribution is -0.113. The number of nitrogens with zero attached hydrogens (tertiary/aromatic N) is 2. The van der Waals surface area contributed by atoms with Gasteiger partial charge >= 0.3 is 0 Å². The van der Waals surface area contributed by atoms with Crippen molar-refractivity contribution in [3.05, 3.63) is 127 Å². The van der Waals surface area contributed by atoms with Gasteiger partial charge in [-0.1, -0.05) is 75.5 Å². The van der Waals surface area contributed by atoms with Crippen LogP contribution in [-0.4, -0.2) is 11.1 Å². The van der Waals surface area contributed by atoms with E-state index in [1.54, 1.807) is 17.0 Å². The van der Waals surface area contributed by atoms with Crippen molar-refractivity contribution in [3.63, 3.8) is 0 Å². The van der Waals surface area contributed by atoms with Gasteiger partial charge in [-0.25, -0.2) is 4.99 Å². The van der Waals surface area contributed by atoms with Crippen LogP contribution >= 0.6 is 50.9 Å². The molecule has 196 valence electrons. The number of aryl methyl sites for hydroxylation is 2. The highest BCUT2D eigenvalue weighted by Crippen LogP contribution is 2.39. The fraction of sp³-hybridized carbons (Fsp3) is 0.0968. The van der Waals surface area contributed by atoms with Crippen LogP contribution in [0.1, 0.15) is 22.3 Å². The molecular formula is C31H23BrCl2N2O2S. The molecule has 0 saturated carbocycles. The first-order valence-corrected chi connectivity index (χ1v) is 14.5. The Morgan fingerprint density at radius 3 is 2.23 bits per heavy atom. The Morgan fingerprint density at radius 2 is 1.56 bits per heavy atom. The van der Waals surface area contributed by atoms with Crippen LogP contribution in [0, 0.1) is 13.8 Å². The summed E-state index contributed by atoms with van der Waals surface area (Å²) in [5.41, 5.74) is 5.17. The second-order valence-electron chi connectivity index (χ2n) is 9.00. The number of amidine groups is 1. The van der Waals surface area contributed by atoms with E-state index in [-0.39, 0.29) is 5.91 Å². The van der Waals surface area contributed by atoms with Crippen molar-refractivity contribution in [1.82, 2.24) is 0 Å². The topological polar surface area (TPSA) is 41.9 Å². The van der Waals surface area contributed by atoms with Gasteiger partial charge in [-0.05, 0) is 102 Å². The van der Waals surface area contributed by atoms with Crippen LogP contribution in [0.4, 0.5) is 11.4 Å². The van der Waals surface area contributed by atoms with Gasteiger partial charge < -0.3 is 4.74 Å². The molecule has 0 radical (unpaired) electrons. The molecule has 4 nitrogen and oxygen atoms in total. The van der Waals surface area contributed by atoms with E-state index in [0.29, 0.717) is 38.1 Å². The predicted octanol–water partition coefficient (Wildman–Crippen LogP) is 9.76. The van der Waals surface area contributed by atoms with Gasteiger partial charge in [0.1, 0.15) is 12.4 Å². The SMILES string of the molecule is Cc1ccc(N=C2S/C(=C/c3ccc(OCc4ccc(Br)cc4)cc3)C(=O)N2c2ccc(C)c(Cl)c2)cc1Cl. The average Bonchev–Trinajstić information content (AvgIpc) is 3.22. The first-order valence-electron chi connectivity index (χ1n) is 12.1. The predicted molar refractivity (Wildman–Crippen MR) is 167 cm³/mol. The number of amides is 1. The maximum Gasteiger partial charge on any atom is 0.271 e. The molecule has 1 saturated heterocycles. The first-order chi connectivity index (χ1) is 18.8. The molecule has 0 atom stereocenters. The molecule has 0 aliphatic carbocycles. The number of anilines is 1. The third-order valence-electron chi connectivity index (χ3n) is 6.10. The Labute approximate surface area is 250 Å². The van der Waals surface area contributed by atoms with Crippen molar-refractivity contribution >= 4 is 79.4 Å². The first kappa shape index (κ1) is 27.5. The van der Waals surface area contributed by atoms with Gasteiger partial charge in [-0.15, -0.1) is 0 Å². The fourth-order valence-corrected chi connectivity index (χ4v) is 5.43. The molecule has 39 heavy (non-hydrogen) atoms. The van der Waals surface area contributed by atoms with E-state index < -0.39 is 0 Å². The van der Waals surface area contributed by atoms with Crippen molar-refractivity contribution in [1.29, 1.82) is 0 Å². The molecular weight excluding hydrogens is 615 g/mol. The van der Waals surface area contributed by atoms with E-state index in [4.69, 9.17) is 32.9 Å². The van der Waals surface area contributed by atoms with E-state index >= 15 is 0 Å². The summed E-state index contributed by atoms with van der Waals surface area (Å²) in [7, 11) is 0. The highest BCUT2D eigenvalue weighted by Gasteiger charge is 2.35. The number of halogens is 3. The third kappa shape index (κ3) is 6.59. The van der Waals surface area contributed by atoms with Crippen molar-refractivity contribution in [2.24, 2.45) is 4.99 Å². The van der Waals surface area contributed by atoms with Crippen LogP contribution in [0.15, 0.2) is 99.3 Å². The fourth-order valence-electron chi connectivity index (χ4n) is 3.82. The van der Waals surface area contributed by atoms with Gasteiger partial charge in [-0.2, -0.15) is 0 Å². The normalized spacial score (nSPS) is 15.4. The second kappa shape index (κ2) is 12.0. The lowest BCUT2D eigenvalue weighted by Crippen LogP contribution is -2.28. The minimum absolute atomic E-state index is 0.174. The summed E-state index contributed by atoms with van der Waals surface area (Å²) in [5.74, 6) is 0.576. The Balaban J connectivity index is 1.41. The van der Waals surface area contributed by atoms with Gasteiger partial charge in [-0.3, -0.25) is 9.69 Å². The van der Waals surface area contributed by atoms with Crippen molar-refractivity contribution in [3.8, 4) is 5.75 Å². The lowest BCUT2D eigenvalue weighted by Gasteiger charge is -2.16. The molecule has 1 aliphatic rings. The Hall–Kier alpha value is -3.03. The molecule has 0 aromatic heterocycles. The third-order valence-corrected chi connectivity index (χ3v) is 8.41. The van der Waals surface area contributed by atoms with Gasteiger partial charge in [0.2, 0.25) is 0 Å². The Morgan fingerprint density at radius 1 is 0.897 bits per heavy atom. The summed E-state index contributed by atoms with van der Waals surface area (Å²) in [4.78, 5) is 20.6. The molecule has 1 fully saturated rings. The van der Waals surface area contributed by atoms with E-state index in [1.165, 1.54) is 11.8 Å². The average molecular weight is 638 g/mol. The molecule has 0 bridgehead atoms. The maximum atomic E-state index is 13.6. The second-order valence-corrected chi connectivity index (χ2v) is 11.7. The van der Waals surface area contributed by atoms with Gasteiger partial charge in [0.05, 0.1) is 16.3 Å². The van der Waals surface area contributed by atoms with Crippen LogP contribution in [-0.2, 0) is 11.4 Å². The van der Waals surface area contributed by atoms with Crippen LogP contribution in [0.2, 0.25) is 10.0 Å². The number of carbonyl (C=O) groups is 1. The lowest BCUT2D eigenvalue weighted by atomic mass is 10.2. The van der Waals surface area contributed by atoms with Gasteiger partial charge in [0, 0.05) is 14.5 Å². The van der Waals surface area contributed by atoms with Crippen LogP contribution < -0.4 is 9.64 Å². The standard InChI is InChI=1S/C31H23BrCl2N2O2S/c1-19-3-11-24(16-27(19)33)35-31-36(25-12-4-20(2)28(34)17-25)30(37)29(39-31)15-21-7-13-26(14-8-21)38-18-22-5-9-23(32)10-6-22/h3-17H,18H2,1-2H3/b29-15+,35-31?. The molecule has 5 rings (SSSR count). The Kier molecular flexibility index (Phi) is 8.48. The minimum Gasteiger partial charge on any atom is -0.489 e. The number of aliphatic imine (C=N–C) groups is 1.